The second-order valence-electron chi connectivity index (χ2n) is 8.39. The SMILES string of the molecule is CN(C)C(=O)[C@](C)(Cc1ccccc1)c1ccnc2c(-c3ccc(C(F)(F)F)cc3)cnn12. The molecular weight excluding hydrogens is 429 g/mol. The van der Waals surface area contributed by atoms with E-state index >= 15 is 0 Å². The quantitative estimate of drug-likeness (QED) is 0.428. The van der Waals surface area contributed by atoms with E-state index in [1.165, 1.54) is 12.1 Å². The van der Waals surface area contributed by atoms with Crippen molar-refractivity contribution in [2.24, 2.45) is 0 Å². The van der Waals surface area contributed by atoms with Crippen molar-refractivity contribution in [1.82, 2.24) is 19.5 Å². The molecule has 1 amide bonds. The third kappa shape index (κ3) is 4.20. The van der Waals surface area contributed by atoms with Crippen molar-refractivity contribution in [3.8, 4) is 11.1 Å². The van der Waals surface area contributed by atoms with Crippen LogP contribution in [0.3, 0.4) is 0 Å². The number of hydrogen-bond donors (Lipinski definition) is 0. The van der Waals surface area contributed by atoms with E-state index in [0.717, 1.165) is 17.7 Å². The Bertz CT molecular complexity index is 1280. The lowest BCUT2D eigenvalue weighted by Crippen LogP contribution is -2.44. The molecule has 0 saturated carbocycles. The van der Waals surface area contributed by atoms with Gasteiger partial charge in [-0.25, -0.2) is 9.50 Å². The Kier molecular flexibility index (Phi) is 5.69. The number of carbonyl (C=O) groups is 1. The minimum Gasteiger partial charge on any atom is -0.348 e. The van der Waals surface area contributed by atoms with Gasteiger partial charge in [-0.1, -0.05) is 42.5 Å². The summed E-state index contributed by atoms with van der Waals surface area (Å²) in [4.78, 5) is 19.4. The summed E-state index contributed by atoms with van der Waals surface area (Å²) in [6.45, 7) is 1.87. The topological polar surface area (TPSA) is 50.5 Å². The normalized spacial score (nSPS) is 13.6. The molecule has 0 aliphatic rings. The molecule has 8 heteroatoms. The molecule has 1 atom stereocenters. The zero-order valence-electron chi connectivity index (χ0n) is 18.5. The highest BCUT2D eigenvalue weighted by Gasteiger charge is 2.39. The van der Waals surface area contributed by atoms with Crippen LogP contribution >= 0.6 is 0 Å². The highest BCUT2D eigenvalue weighted by Crippen LogP contribution is 2.34. The zero-order chi connectivity index (χ0) is 23.8. The van der Waals surface area contributed by atoms with Gasteiger partial charge in [-0.15, -0.1) is 0 Å². The largest absolute Gasteiger partial charge is 0.416 e. The molecule has 0 unspecified atom stereocenters. The van der Waals surface area contributed by atoms with Gasteiger partial charge in [-0.2, -0.15) is 18.3 Å². The lowest BCUT2D eigenvalue weighted by Gasteiger charge is -2.31. The van der Waals surface area contributed by atoms with E-state index in [2.05, 4.69) is 10.1 Å². The number of likely N-dealkylation sites (N-methyl/N-ethyl adjacent to an activating group) is 1. The number of alkyl halides is 3. The average molecular weight is 452 g/mol. The molecule has 0 bridgehead atoms. The minimum atomic E-state index is -4.41. The van der Waals surface area contributed by atoms with E-state index in [9.17, 15) is 18.0 Å². The van der Waals surface area contributed by atoms with Crippen LogP contribution in [0.5, 0.6) is 0 Å². The fourth-order valence-corrected chi connectivity index (χ4v) is 4.13. The molecule has 2 heterocycles. The summed E-state index contributed by atoms with van der Waals surface area (Å²) in [5, 5.41) is 4.48. The van der Waals surface area contributed by atoms with Gasteiger partial charge in [0.25, 0.3) is 0 Å². The van der Waals surface area contributed by atoms with E-state index in [4.69, 9.17) is 0 Å². The minimum absolute atomic E-state index is 0.0922. The van der Waals surface area contributed by atoms with E-state index in [-0.39, 0.29) is 5.91 Å². The molecular formula is C25H23F3N4O. The predicted octanol–water partition coefficient (Wildman–Crippen LogP) is 5.00. The molecule has 4 aromatic rings. The summed E-state index contributed by atoms with van der Waals surface area (Å²) >= 11 is 0. The van der Waals surface area contributed by atoms with Crippen molar-refractivity contribution in [1.29, 1.82) is 0 Å². The van der Waals surface area contributed by atoms with Crippen LogP contribution in [-0.4, -0.2) is 39.5 Å². The average Bonchev–Trinajstić information content (AvgIpc) is 3.23. The standard InChI is InChI=1S/C25H23F3N4O/c1-24(23(33)31(2)3,15-17-7-5-4-6-8-17)21-13-14-29-22-20(16-30-32(21)22)18-9-11-19(12-10-18)25(26,27)28/h4-14,16H,15H2,1-3H3/t24-/m1/s1. The van der Waals surface area contributed by atoms with Gasteiger partial charge in [0, 0.05) is 25.9 Å². The summed E-state index contributed by atoms with van der Waals surface area (Å²) in [6.07, 6.45) is -0.792. The fraction of sp³-hybridized carbons (Fsp3) is 0.240. The number of rotatable bonds is 5. The lowest BCUT2D eigenvalue weighted by molar-refractivity contribution is -0.137. The Morgan fingerprint density at radius 3 is 2.27 bits per heavy atom. The van der Waals surface area contributed by atoms with Gasteiger partial charge >= 0.3 is 6.18 Å². The van der Waals surface area contributed by atoms with Gasteiger partial charge in [0.2, 0.25) is 5.91 Å². The summed E-state index contributed by atoms with van der Waals surface area (Å²) in [5.74, 6) is -0.0922. The van der Waals surface area contributed by atoms with E-state index in [1.807, 2.05) is 37.3 Å². The smallest absolute Gasteiger partial charge is 0.348 e. The maximum absolute atomic E-state index is 13.4. The second kappa shape index (κ2) is 8.35. The van der Waals surface area contributed by atoms with Gasteiger partial charge in [0.05, 0.1) is 22.9 Å². The molecule has 0 aliphatic carbocycles. The van der Waals surface area contributed by atoms with Crippen molar-refractivity contribution in [2.45, 2.75) is 24.9 Å². The number of halogens is 3. The Morgan fingerprint density at radius 2 is 1.67 bits per heavy atom. The first-order chi connectivity index (χ1) is 15.6. The number of benzene rings is 2. The molecule has 170 valence electrons. The lowest BCUT2D eigenvalue weighted by atomic mass is 9.79. The molecule has 2 aromatic carbocycles. The van der Waals surface area contributed by atoms with Crippen molar-refractivity contribution in [3.05, 3.63) is 89.9 Å². The molecule has 0 N–H and O–H groups in total. The van der Waals surface area contributed by atoms with Crippen LogP contribution in [0, 0.1) is 0 Å². The van der Waals surface area contributed by atoms with Crippen LogP contribution in [0.4, 0.5) is 13.2 Å². The van der Waals surface area contributed by atoms with Crippen LogP contribution in [0.25, 0.3) is 16.8 Å². The Hall–Kier alpha value is -3.68. The molecule has 0 radical (unpaired) electrons. The molecule has 5 nitrogen and oxygen atoms in total. The van der Waals surface area contributed by atoms with E-state index in [1.54, 1.807) is 42.0 Å². The molecule has 33 heavy (non-hydrogen) atoms. The third-order valence-corrected chi connectivity index (χ3v) is 5.77. The first kappa shape index (κ1) is 22.5. The van der Waals surface area contributed by atoms with Crippen LogP contribution in [0.2, 0.25) is 0 Å². The molecule has 2 aromatic heterocycles. The van der Waals surface area contributed by atoms with Gasteiger partial charge in [0.1, 0.15) is 0 Å². The van der Waals surface area contributed by atoms with E-state index < -0.39 is 17.2 Å². The number of aromatic nitrogens is 3. The third-order valence-electron chi connectivity index (χ3n) is 5.77. The Labute approximate surface area is 189 Å². The monoisotopic (exact) mass is 452 g/mol. The van der Waals surface area contributed by atoms with Crippen molar-refractivity contribution in [2.75, 3.05) is 14.1 Å². The van der Waals surface area contributed by atoms with Gasteiger partial charge in [0.15, 0.2) is 5.65 Å². The number of nitrogens with zero attached hydrogens (tertiary/aromatic N) is 4. The fourth-order valence-electron chi connectivity index (χ4n) is 4.13. The summed E-state index contributed by atoms with van der Waals surface area (Å²) in [5.41, 5.74) is 1.59. The molecule has 0 saturated heterocycles. The first-order valence-corrected chi connectivity index (χ1v) is 10.4. The number of amides is 1. The van der Waals surface area contributed by atoms with Crippen LogP contribution in [0.15, 0.2) is 73.1 Å². The predicted molar refractivity (Wildman–Crippen MR) is 120 cm³/mol. The molecule has 4 rings (SSSR count). The van der Waals surface area contributed by atoms with Gasteiger partial charge in [-0.05, 0) is 42.7 Å². The highest BCUT2D eigenvalue weighted by atomic mass is 19.4. The molecule has 0 fully saturated rings. The maximum atomic E-state index is 13.4. The molecule has 0 spiro atoms. The van der Waals surface area contributed by atoms with Crippen molar-refractivity contribution >= 4 is 11.6 Å². The number of hydrogen-bond acceptors (Lipinski definition) is 3. The first-order valence-electron chi connectivity index (χ1n) is 10.4. The van der Waals surface area contributed by atoms with Crippen LogP contribution in [-0.2, 0) is 22.8 Å². The maximum Gasteiger partial charge on any atom is 0.416 e. The zero-order valence-corrected chi connectivity index (χ0v) is 18.5. The number of carbonyl (C=O) groups excluding carboxylic acids is 1. The van der Waals surface area contributed by atoms with E-state index in [0.29, 0.717) is 28.9 Å². The van der Waals surface area contributed by atoms with Crippen LogP contribution < -0.4 is 0 Å². The molecule has 0 aliphatic heterocycles. The summed E-state index contributed by atoms with van der Waals surface area (Å²) in [6, 6.07) is 16.4. The summed E-state index contributed by atoms with van der Waals surface area (Å²) in [7, 11) is 3.42. The highest BCUT2D eigenvalue weighted by molar-refractivity contribution is 5.88. The number of fused-ring (bicyclic) bond motifs is 1. The van der Waals surface area contributed by atoms with Crippen LogP contribution in [0.1, 0.15) is 23.7 Å². The Balaban J connectivity index is 1.83. The Morgan fingerprint density at radius 1 is 1.00 bits per heavy atom. The van der Waals surface area contributed by atoms with Gasteiger partial charge in [-0.3, -0.25) is 4.79 Å². The van der Waals surface area contributed by atoms with Gasteiger partial charge < -0.3 is 4.90 Å². The second-order valence-corrected chi connectivity index (χ2v) is 8.39. The van der Waals surface area contributed by atoms with Crippen molar-refractivity contribution < 1.29 is 18.0 Å². The summed E-state index contributed by atoms with van der Waals surface area (Å²) < 4.78 is 40.5. The van der Waals surface area contributed by atoms with Crippen molar-refractivity contribution in [3.63, 3.8) is 0 Å².